The molecule has 69 valence electrons. The molecule has 1 N–H and O–H groups in total. The summed E-state index contributed by atoms with van der Waals surface area (Å²) in [6, 6.07) is -0.724. The first-order valence-corrected chi connectivity index (χ1v) is 3.46. The molecule has 0 saturated carbocycles. The molecule has 6 heteroatoms. The van der Waals surface area contributed by atoms with Crippen molar-refractivity contribution in [2.75, 3.05) is 7.11 Å². The average Bonchev–Trinajstić information content (AvgIpc) is 2.09. The molecule has 0 aromatic heterocycles. The highest BCUT2D eigenvalue weighted by Gasteiger charge is 2.22. The summed E-state index contributed by atoms with van der Waals surface area (Å²) >= 11 is 0. The Balaban J connectivity index is 2.64. The third-order valence-corrected chi connectivity index (χ3v) is 1.41. The summed E-state index contributed by atoms with van der Waals surface area (Å²) in [6.07, 6.45) is 0.980. The number of carbonyl (C=O) groups excluding carboxylic acids is 3. The summed E-state index contributed by atoms with van der Waals surface area (Å²) in [5.41, 5.74) is 0.117. The molecule has 6 nitrogen and oxygen atoms in total. The van der Waals surface area contributed by atoms with Crippen LogP contribution in [0.3, 0.4) is 0 Å². The van der Waals surface area contributed by atoms with Crippen molar-refractivity contribution in [3.63, 3.8) is 0 Å². The van der Waals surface area contributed by atoms with E-state index in [0.29, 0.717) is 0 Å². The maximum absolute atomic E-state index is 11.0. The predicted octanol–water partition coefficient (Wildman–Crippen LogP) is -0.712. The monoisotopic (exact) mass is 183 g/mol. The second kappa shape index (κ2) is 3.70. The molecule has 0 atom stereocenters. The van der Waals surface area contributed by atoms with E-state index in [0.717, 1.165) is 6.20 Å². The van der Waals surface area contributed by atoms with E-state index in [4.69, 9.17) is 0 Å². The van der Waals surface area contributed by atoms with Gasteiger partial charge in [0.1, 0.15) is 0 Å². The van der Waals surface area contributed by atoms with Gasteiger partial charge in [-0.05, 0) is 0 Å². The second-order valence-electron chi connectivity index (χ2n) is 2.29. The van der Waals surface area contributed by atoms with E-state index in [1.807, 2.05) is 0 Å². The van der Waals surface area contributed by atoms with Gasteiger partial charge in [-0.25, -0.2) is 4.79 Å². The molecule has 0 saturated heterocycles. The Morgan fingerprint density at radius 1 is 1.62 bits per heavy atom. The number of nitrogens with one attached hydrogen (secondary N) is 1. The van der Waals surface area contributed by atoms with Crippen LogP contribution in [0.5, 0.6) is 0 Å². The predicted molar refractivity (Wildman–Crippen MR) is 40.4 cm³/mol. The molecule has 0 spiro atoms. The van der Waals surface area contributed by atoms with Gasteiger partial charge in [0.15, 0.2) is 0 Å². The second-order valence-corrected chi connectivity index (χ2v) is 2.29. The lowest BCUT2D eigenvalue weighted by Gasteiger charge is -2.09. The van der Waals surface area contributed by atoms with Crippen molar-refractivity contribution in [1.29, 1.82) is 0 Å². The van der Waals surface area contributed by atoms with Crippen molar-refractivity contribution in [3.05, 3.63) is 11.8 Å². The van der Waals surface area contributed by atoms with Crippen LogP contribution in [0.4, 0.5) is 4.79 Å². The first-order chi connectivity index (χ1) is 6.13. The molecule has 1 heterocycles. The zero-order chi connectivity index (χ0) is 9.84. The minimum Gasteiger partial charge on any atom is -0.469 e. The molecule has 3 amide bonds. The fourth-order valence-corrected chi connectivity index (χ4v) is 0.761. The highest BCUT2D eigenvalue weighted by Crippen LogP contribution is 2.05. The largest absolute Gasteiger partial charge is 0.469 e. The van der Waals surface area contributed by atoms with E-state index in [2.05, 4.69) is 15.4 Å². The van der Waals surface area contributed by atoms with Crippen molar-refractivity contribution in [2.24, 2.45) is 0 Å². The molecule has 0 aliphatic carbocycles. The van der Waals surface area contributed by atoms with E-state index in [1.165, 1.54) is 7.11 Å². The average molecular weight is 183 g/mol. The van der Waals surface area contributed by atoms with Gasteiger partial charge in [-0.15, -0.1) is 0 Å². The van der Waals surface area contributed by atoms with Crippen LogP contribution in [0.2, 0.25) is 0 Å². The Kier molecular flexibility index (Phi) is 2.63. The Morgan fingerprint density at radius 2 is 2.31 bits per heavy atom. The third-order valence-electron chi connectivity index (χ3n) is 1.41. The molecule has 0 fully saturated rings. The topological polar surface area (TPSA) is 86.6 Å². The molecule has 0 bridgehead atoms. The number of carbonyl (C=O) groups is 3. The van der Waals surface area contributed by atoms with Crippen LogP contribution < -0.4 is 10.6 Å². The maximum Gasteiger partial charge on any atom is 0.348 e. The molecule has 1 aliphatic rings. The third kappa shape index (κ3) is 2.29. The van der Waals surface area contributed by atoms with Gasteiger partial charge in [-0.3, -0.25) is 9.59 Å². The van der Waals surface area contributed by atoms with Gasteiger partial charge in [0, 0.05) is 11.8 Å². The molecule has 1 rings (SSSR count). The Morgan fingerprint density at radius 3 is 2.85 bits per heavy atom. The number of hydrogen-bond acceptors (Lipinski definition) is 4. The highest BCUT2D eigenvalue weighted by atomic mass is 16.5. The number of rotatable bonds is 2. The number of methoxy groups -OCH3 is 1. The van der Waals surface area contributed by atoms with Crippen molar-refractivity contribution < 1.29 is 19.1 Å². The summed E-state index contributed by atoms with van der Waals surface area (Å²) in [5, 5.41) is 5.28. The van der Waals surface area contributed by atoms with Gasteiger partial charge in [-0.1, -0.05) is 0 Å². The quantitative estimate of drug-likeness (QED) is 0.573. The van der Waals surface area contributed by atoms with Gasteiger partial charge in [0.25, 0.3) is 5.91 Å². The Bertz CT molecular complexity index is 295. The van der Waals surface area contributed by atoms with Crippen LogP contribution >= 0.6 is 0 Å². The fourth-order valence-electron chi connectivity index (χ4n) is 0.761. The van der Waals surface area contributed by atoms with Gasteiger partial charge in [0.05, 0.1) is 13.5 Å². The first-order valence-electron chi connectivity index (χ1n) is 3.46. The molecule has 0 aromatic carbocycles. The molecule has 1 aliphatic heterocycles. The van der Waals surface area contributed by atoms with Crippen LogP contribution in [0.25, 0.3) is 0 Å². The van der Waals surface area contributed by atoms with Gasteiger partial charge >= 0.3 is 12.0 Å². The first kappa shape index (κ1) is 9.24. The summed E-state index contributed by atoms with van der Waals surface area (Å²) in [7, 11) is 1.21. The zero-order valence-electron chi connectivity index (χ0n) is 6.86. The fraction of sp³-hybridized carbons (Fsp3) is 0.286. The van der Waals surface area contributed by atoms with Crippen molar-refractivity contribution in [1.82, 2.24) is 10.6 Å². The Labute approximate surface area is 73.9 Å². The molecule has 0 unspecified atom stereocenters. The van der Waals surface area contributed by atoms with Gasteiger partial charge in [-0.2, -0.15) is 5.32 Å². The smallest absolute Gasteiger partial charge is 0.348 e. The van der Waals surface area contributed by atoms with E-state index < -0.39 is 17.9 Å². The van der Waals surface area contributed by atoms with Crippen LogP contribution in [0.1, 0.15) is 6.42 Å². The van der Waals surface area contributed by atoms with E-state index in [9.17, 15) is 14.4 Å². The molecule has 1 radical (unpaired) electrons. The molecular weight excluding hydrogens is 176 g/mol. The number of imide groups is 1. The van der Waals surface area contributed by atoms with Crippen LogP contribution in [-0.2, 0) is 14.3 Å². The van der Waals surface area contributed by atoms with Gasteiger partial charge < -0.3 is 10.1 Å². The normalized spacial score (nSPS) is 15.6. The number of esters is 1. The summed E-state index contributed by atoms with van der Waals surface area (Å²) in [5.74, 6) is -1.25. The molecular formula is C7H7N2O4. The lowest BCUT2D eigenvalue weighted by Crippen LogP contribution is -2.37. The maximum atomic E-state index is 11.0. The van der Waals surface area contributed by atoms with E-state index in [-0.39, 0.29) is 12.0 Å². The van der Waals surface area contributed by atoms with Crippen LogP contribution in [-0.4, -0.2) is 25.0 Å². The van der Waals surface area contributed by atoms with E-state index >= 15 is 0 Å². The van der Waals surface area contributed by atoms with Crippen LogP contribution in [0.15, 0.2) is 11.8 Å². The number of urea groups is 1. The Hall–Kier alpha value is -1.85. The standard InChI is InChI=1S/C7H7N2O4/c1-13-5(10)2-4-3-8-7(12)9-6(4)11/h3H,2H2,1H3,(H,8,12). The lowest BCUT2D eigenvalue weighted by atomic mass is 10.2. The number of hydrogen-bond donors (Lipinski definition) is 1. The minimum absolute atomic E-state index is 0.117. The minimum atomic E-state index is -0.724. The SMILES string of the molecule is COC(=O)CC1=CNC(=O)[N]C1=O. The highest BCUT2D eigenvalue weighted by molar-refractivity contribution is 6.08. The van der Waals surface area contributed by atoms with Crippen LogP contribution in [0, 0.1) is 0 Å². The summed E-state index contributed by atoms with van der Waals surface area (Å²) in [6.45, 7) is 0. The van der Waals surface area contributed by atoms with E-state index in [1.54, 1.807) is 0 Å². The summed E-state index contributed by atoms with van der Waals surface area (Å²) in [4.78, 5) is 32.2. The van der Waals surface area contributed by atoms with Crippen molar-refractivity contribution in [2.45, 2.75) is 6.42 Å². The number of ether oxygens (including phenoxy) is 1. The van der Waals surface area contributed by atoms with Crippen molar-refractivity contribution >= 4 is 17.9 Å². The van der Waals surface area contributed by atoms with Crippen molar-refractivity contribution in [3.8, 4) is 0 Å². The molecule has 0 aromatic rings. The summed E-state index contributed by atoms with van der Waals surface area (Å²) < 4.78 is 4.34. The van der Waals surface area contributed by atoms with Gasteiger partial charge in [0.2, 0.25) is 0 Å². The number of amides is 3. The molecule has 13 heavy (non-hydrogen) atoms. The lowest BCUT2D eigenvalue weighted by molar-refractivity contribution is -0.140. The number of nitrogens with zero attached hydrogens (tertiary/aromatic N) is 1. The zero-order valence-corrected chi connectivity index (χ0v) is 6.86.